The topological polar surface area (TPSA) is 79.2 Å². The number of halogens is 2. The summed E-state index contributed by atoms with van der Waals surface area (Å²) >= 11 is 6.07. The van der Waals surface area contributed by atoms with Gasteiger partial charge in [-0.3, -0.25) is 14.8 Å². The van der Waals surface area contributed by atoms with Crippen LogP contribution in [0.15, 0.2) is 47.5 Å². The molecule has 2 aromatic carbocycles. The summed E-state index contributed by atoms with van der Waals surface area (Å²) in [5.41, 5.74) is 0.131. The predicted octanol–water partition coefficient (Wildman–Crippen LogP) is 1.81. The fourth-order valence-corrected chi connectivity index (χ4v) is 3.07. The van der Waals surface area contributed by atoms with Gasteiger partial charge in [-0.25, -0.2) is 14.4 Å². The van der Waals surface area contributed by atoms with Crippen molar-refractivity contribution in [3.05, 3.63) is 69.4 Å². The summed E-state index contributed by atoms with van der Waals surface area (Å²) in [6, 6.07) is 9.24. The normalized spacial score (nSPS) is 16.4. The summed E-state index contributed by atoms with van der Waals surface area (Å²) in [4.78, 5) is 28.1. The lowest BCUT2D eigenvalue weighted by atomic mass is 10.1. The highest BCUT2D eigenvalue weighted by molar-refractivity contribution is 6.30. The van der Waals surface area contributed by atoms with Crippen LogP contribution in [0.5, 0.6) is 0 Å². The minimum Gasteiger partial charge on any atom is -0.469 e. The Balaban J connectivity index is 2.24. The SMILES string of the molecule is COC(=O)CC[C@H]1C(=O)N=c2ccc(Cl)cc2=C(c2ccccc2F)N1O. The second kappa shape index (κ2) is 7.85. The zero-order valence-electron chi connectivity index (χ0n) is 14.4. The third kappa shape index (κ3) is 3.84. The number of fused-ring (bicyclic) bond motifs is 1. The Hall–Kier alpha value is -2.77. The molecule has 0 unspecified atom stereocenters. The fourth-order valence-electron chi connectivity index (χ4n) is 2.90. The van der Waals surface area contributed by atoms with Crippen molar-refractivity contribution < 1.29 is 23.9 Å². The number of rotatable bonds is 4. The lowest BCUT2D eigenvalue weighted by Crippen LogP contribution is -2.39. The third-order valence-corrected chi connectivity index (χ3v) is 4.47. The van der Waals surface area contributed by atoms with Crippen LogP contribution >= 0.6 is 11.6 Å². The van der Waals surface area contributed by atoms with E-state index in [9.17, 15) is 19.2 Å². The van der Waals surface area contributed by atoms with E-state index in [0.717, 1.165) is 0 Å². The van der Waals surface area contributed by atoms with Gasteiger partial charge in [-0.05, 0) is 36.8 Å². The minimum atomic E-state index is -1.18. The molecule has 8 heteroatoms. The number of hydrogen-bond acceptors (Lipinski definition) is 5. The molecular formula is C19H16ClFN2O4. The monoisotopic (exact) mass is 390 g/mol. The van der Waals surface area contributed by atoms with E-state index in [1.54, 1.807) is 12.1 Å². The second-order valence-corrected chi connectivity index (χ2v) is 6.35. The van der Waals surface area contributed by atoms with Gasteiger partial charge in [-0.2, -0.15) is 0 Å². The minimum absolute atomic E-state index is 0.0504. The molecule has 3 rings (SSSR count). The summed E-state index contributed by atoms with van der Waals surface area (Å²) in [5, 5.41) is 12.4. The molecule has 1 atom stereocenters. The van der Waals surface area contributed by atoms with Gasteiger partial charge in [-0.15, -0.1) is 0 Å². The lowest BCUT2D eigenvalue weighted by Gasteiger charge is -2.26. The molecule has 0 spiro atoms. The Morgan fingerprint density at radius 2 is 2.07 bits per heavy atom. The molecule has 1 aliphatic heterocycles. The molecule has 0 aromatic heterocycles. The summed E-state index contributed by atoms with van der Waals surface area (Å²) in [7, 11) is 1.23. The Labute approximate surface area is 159 Å². The van der Waals surface area contributed by atoms with Gasteiger partial charge in [0.05, 0.1) is 18.2 Å². The number of carbonyl (C=O) groups is 2. The molecule has 0 aliphatic carbocycles. The predicted molar refractivity (Wildman–Crippen MR) is 94.8 cm³/mol. The number of esters is 1. The first-order valence-corrected chi connectivity index (χ1v) is 8.52. The first-order chi connectivity index (χ1) is 12.9. The highest BCUT2D eigenvalue weighted by Gasteiger charge is 2.31. The molecule has 0 saturated carbocycles. The number of benzene rings is 2. The van der Waals surface area contributed by atoms with Crippen LogP contribution in [0, 0.1) is 5.82 Å². The van der Waals surface area contributed by atoms with Crippen molar-refractivity contribution in [3.63, 3.8) is 0 Å². The van der Waals surface area contributed by atoms with Gasteiger partial charge in [0.1, 0.15) is 11.9 Å². The molecule has 2 aromatic rings. The van der Waals surface area contributed by atoms with Crippen molar-refractivity contribution in [2.24, 2.45) is 4.99 Å². The smallest absolute Gasteiger partial charge is 0.305 e. The van der Waals surface area contributed by atoms with Crippen molar-refractivity contribution in [3.8, 4) is 0 Å². The van der Waals surface area contributed by atoms with Crippen LogP contribution < -0.4 is 10.6 Å². The van der Waals surface area contributed by atoms with Crippen LogP contribution in [0.3, 0.4) is 0 Å². The maximum Gasteiger partial charge on any atom is 0.305 e. The standard InChI is InChI=1S/C19H16ClFN2O4/c1-27-17(24)9-8-16-19(25)22-15-7-6-11(20)10-13(15)18(23(16)26)12-4-2-3-5-14(12)21/h2-7,10,16,26H,8-9H2,1H3/t16-/m0/s1. The lowest BCUT2D eigenvalue weighted by molar-refractivity contribution is -0.143. The van der Waals surface area contributed by atoms with Crippen LogP contribution in [-0.4, -0.2) is 35.3 Å². The summed E-state index contributed by atoms with van der Waals surface area (Å²) in [6.45, 7) is 0. The first kappa shape index (κ1) is 19.0. The molecule has 0 bridgehead atoms. The van der Waals surface area contributed by atoms with Gasteiger partial charge in [0.25, 0.3) is 5.91 Å². The number of hydroxylamine groups is 2. The maximum atomic E-state index is 14.5. The van der Waals surface area contributed by atoms with Crippen molar-refractivity contribution >= 4 is 29.2 Å². The van der Waals surface area contributed by atoms with Crippen LogP contribution in [0.4, 0.5) is 4.39 Å². The third-order valence-electron chi connectivity index (χ3n) is 4.23. The largest absolute Gasteiger partial charge is 0.469 e. The molecule has 27 heavy (non-hydrogen) atoms. The number of nitrogens with zero attached hydrogens (tertiary/aromatic N) is 2. The summed E-state index contributed by atoms with van der Waals surface area (Å²) < 4.78 is 19.1. The maximum absolute atomic E-state index is 14.5. The molecule has 0 saturated heterocycles. The Morgan fingerprint density at radius 1 is 1.33 bits per heavy atom. The molecule has 140 valence electrons. The molecule has 1 N–H and O–H groups in total. The van der Waals surface area contributed by atoms with E-state index in [1.807, 2.05) is 0 Å². The highest BCUT2D eigenvalue weighted by atomic mass is 35.5. The quantitative estimate of drug-likeness (QED) is 0.805. The van der Waals surface area contributed by atoms with E-state index in [0.29, 0.717) is 15.3 Å². The van der Waals surface area contributed by atoms with E-state index in [-0.39, 0.29) is 29.5 Å². The second-order valence-electron chi connectivity index (χ2n) is 5.92. The molecule has 6 nitrogen and oxygen atoms in total. The number of amides is 1. The van der Waals surface area contributed by atoms with Gasteiger partial charge in [0.2, 0.25) is 0 Å². The van der Waals surface area contributed by atoms with Gasteiger partial charge in [0, 0.05) is 22.2 Å². The van der Waals surface area contributed by atoms with E-state index in [1.165, 1.54) is 37.4 Å². The van der Waals surface area contributed by atoms with Crippen LogP contribution in [0.2, 0.25) is 5.02 Å². The van der Waals surface area contributed by atoms with E-state index in [4.69, 9.17) is 11.6 Å². The summed E-state index contributed by atoms with van der Waals surface area (Å²) in [6.07, 6.45) is -0.160. The van der Waals surface area contributed by atoms with Gasteiger partial charge in [-0.1, -0.05) is 23.7 Å². The van der Waals surface area contributed by atoms with E-state index < -0.39 is 23.7 Å². The van der Waals surface area contributed by atoms with E-state index in [2.05, 4.69) is 9.73 Å². The van der Waals surface area contributed by atoms with Crippen LogP contribution in [0.25, 0.3) is 5.70 Å². The average molecular weight is 391 g/mol. The fraction of sp³-hybridized carbons (Fsp3) is 0.211. The number of ether oxygens (including phenoxy) is 1. The summed E-state index contributed by atoms with van der Waals surface area (Å²) in [5.74, 6) is -1.77. The van der Waals surface area contributed by atoms with Gasteiger partial charge < -0.3 is 4.74 Å². The zero-order chi connectivity index (χ0) is 19.6. The van der Waals surface area contributed by atoms with E-state index >= 15 is 0 Å². The Kier molecular flexibility index (Phi) is 5.53. The van der Waals surface area contributed by atoms with Gasteiger partial charge in [0.15, 0.2) is 0 Å². The Morgan fingerprint density at radius 3 is 2.78 bits per heavy atom. The van der Waals surface area contributed by atoms with Crippen molar-refractivity contribution in [2.45, 2.75) is 18.9 Å². The molecule has 0 fully saturated rings. The number of methoxy groups -OCH3 is 1. The molecule has 1 aliphatic rings. The molecular weight excluding hydrogens is 375 g/mol. The van der Waals surface area contributed by atoms with Crippen molar-refractivity contribution in [1.29, 1.82) is 0 Å². The highest BCUT2D eigenvalue weighted by Crippen LogP contribution is 2.23. The van der Waals surface area contributed by atoms with Crippen molar-refractivity contribution in [1.82, 2.24) is 5.06 Å². The van der Waals surface area contributed by atoms with Gasteiger partial charge >= 0.3 is 5.97 Å². The zero-order valence-corrected chi connectivity index (χ0v) is 15.1. The van der Waals surface area contributed by atoms with Crippen LogP contribution in [0.1, 0.15) is 18.4 Å². The number of carbonyl (C=O) groups excluding carboxylic acids is 2. The Bertz CT molecular complexity index is 1020. The average Bonchev–Trinajstić information content (AvgIpc) is 2.74. The number of hydrogen-bond donors (Lipinski definition) is 1. The molecule has 1 heterocycles. The molecule has 0 radical (unpaired) electrons. The van der Waals surface area contributed by atoms with Crippen LogP contribution in [-0.2, 0) is 14.3 Å². The first-order valence-electron chi connectivity index (χ1n) is 8.14. The van der Waals surface area contributed by atoms with Crippen molar-refractivity contribution in [2.75, 3.05) is 7.11 Å². The molecule has 1 amide bonds.